The Hall–Kier alpha value is -3.20. The first-order chi connectivity index (χ1) is 15.0. The van der Waals surface area contributed by atoms with Crippen LogP contribution in [0.25, 0.3) is 5.69 Å². The van der Waals surface area contributed by atoms with E-state index in [1.165, 1.54) is 10.6 Å². The number of rotatable bonds is 6. The Morgan fingerprint density at radius 3 is 2.44 bits per heavy atom. The maximum Gasteiger partial charge on any atom is 0.293 e. The van der Waals surface area contributed by atoms with Gasteiger partial charge in [0.15, 0.2) is 0 Å². The van der Waals surface area contributed by atoms with Gasteiger partial charge in [0.25, 0.3) is 12.0 Å². The summed E-state index contributed by atoms with van der Waals surface area (Å²) >= 11 is 6.12. The fourth-order valence-electron chi connectivity index (χ4n) is 2.73. The summed E-state index contributed by atoms with van der Waals surface area (Å²) < 4.78 is 39.9. The quantitative estimate of drug-likeness (QED) is 0.399. The number of fused-ring (bicyclic) bond motifs is 1. The van der Waals surface area contributed by atoms with Gasteiger partial charge < -0.3 is 14.0 Å². The van der Waals surface area contributed by atoms with Crippen molar-refractivity contribution in [2.24, 2.45) is 0 Å². The molecule has 7 nitrogen and oxygen atoms in total. The van der Waals surface area contributed by atoms with Crippen molar-refractivity contribution in [2.75, 3.05) is 0 Å². The number of hydrogen-bond acceptors (Lipinski definition) is 5. The highest BCUT2D eigenvalue weighted by molar-refractivity contribution is 6.31. The summed E-state index contributed by atoms with van der Waals surface area (Å²) in [5, 5.41) is 4.08. The van der Waals surface area contributed by atoms with Crippen LogP contribution in [0.5, 0.6) is 5.75 Å². The molecule has 4 rings (SSSR count). The summed E-state index contributed by atoms with van der Waals surface area (Å²) in [6.07, 6.45) is 1.87. The number of carbonyl (C=O) groups excluding carboxylic acids is 1. The average Bonchev–Trinajstić information content (AvgIpc) is 3.34. The summed E-state index contributed by atoms with van der Waals surface area (Å²) in [5.41, 5.74) is 1.94. The zero-order valence-electron chi connectivity index (χ0n) is 18.0. The molecule has 0 saturated heterocycles. The molecule has 0 N–H and O–H groups in total. The molecule has 0 saturated carbocycles. The average molecular weight is 466 g/mol. The van der Waals surface area contributed by atoms with Crippen molar-refractivity contribution in [2.45, 2.75) is 46.4 Å². The minimum Gasteiger partial charge on any atom is -0.487 e. The molecule has 2 aromatic rings. The van der Waals surface area contributed by atoms with Crippen molar-refractivity contribution in [1.29, 1.82) is 0 Å². The zero-order valence-corrected chi connectivity index (χ0v) is 18.7. The second-order valence-corrected chi connectivity index (χ2v) is 8.49. The highest BCUT2D eigenvalue weighted by Gasteiger charge is 2.25. The van der Waals surface area contributed by atoms with E-state index in [2.05, 4.69) is 9.84 Å². The molecule has 0 bridgehead atoms. The highest BCUT2D eigenvalue weighted by atomic mass is 35.5. The second kappa shape index (κ2) is 9.12. The minimum absolute atomic E-state index is 0.0883. The maximum absolute atomic E-state index is 13.7. The fraction of sp³-hybridized carbons (Fsp3) is 0.318. The van der Waals surface area contributed by atoms with Gasteiger partial charge in [0, 0.05) is 23.4 Å². The number of nitrogens with zero attached hydrogens (tertiary/aromatic N) is 3. The van der Waals surface area contributed by atoms with Crippen molar-refractivity contribution >= 4 is 18.1 Å². The molecule has 2 aliphatic rings. The third kappa shape index (κ3) is 5.53. The Balaban J connectivity index is 0.000000360. The monoisotopic (exact) mass is 465 g/mol. The van der Waals surface area contributed by atoms with Crippen LogP contribution in [0.4, 0.5) is 8.78 Å². The van der Waals surface area contributed by atoms with Crippen LogP contribution in [-0.2, 0) is 22.7 Å². The summed E-state index contributed by atoms with van der Waals surface area (Å²) in [4.78, 5) is 22.1. The molecule has 0 aliphatic carbocycles. The number of aromatic nitrogens is 3. The van der Waals surface area contributed by atoms with Gasteiger partial charge in [-0.05, 0) is 39.8 Å². The molecule has 170 valence electrons. The lowest BCUT2D eigenvalue weighted by molar-refractivity contribution is -0.138. The van der Waals surface area contributed by atoms with Gasteiger partial charge in [-0.1, -0.05) is 11.6 Å². The maximum atomic E-state index is 13.7. The number of hydrogen-bond donors (Lipinski definition) is 0. The topological polar surface area (TPSA) is 75.3 Å². The van der Waals surface area contributed by atoms with Gasteiger partial charge in [0.05, 0.1) is 12.7 Å². The van der Waals surface area contributed by atoms with Gasteiger partial charge in [-0.3, -0.25) is 9.59 Å². The normalized spacial score (nSPS) is 11.5. The van der Waals surface area contributed by atoms with Crippen molar-refractivity contribution in [3.63, 3.8) is 0 Å². The molecule has 2 aliphatic heterocycles. The lowest BCUT2D eigenvalue weighted by Gasteiger charge is -2.15. The predicted octanol–water partition coefficient (Wildman–Crippen LogP) is 4.17. The van der Waals surface area contributed by atoms with Crippen LogP contribution < -0.4 is 10.3 Å². The molecule has 0 fully saturated rings. The third-order valence-electron chi connectivity index (χ3n) is 4.47. The molecular weight excluding hydrogens is 444 g/mol. The van der Waals surface area contributed by atoms with E-state index in [-0.39, 0.29) is 28.5 Å². The summed E-state index contributed by atoms with van der Waals surface area (Å²) in [6.45, 7) is 7.84. The molecule has 0 unspecified atom stereocenters. The molecule has 0 spiro atoms. The fourth-order valence-corrected chi connectivity index (χ4v) is 2.94. The molecule has 0 atom stereocenters. The Kier molecular flexibility index (Phi) is 6.68. The molecular formula is C22H22ClF2N3O4. The van der Waals surface area contributed by atoms with Crippen LogP contribution >= 0.6 is 11.6 Å². The number of aryl methyl sites for hydroxylation is 1. The molecule has 1 aromatic carbocycles. The Labute approximate surface area is 188 Å². The van der Waals surface area contributed by atoms with Gasteiger partial charge in [-0.25, -0.2) is 13.5 Å². The summed E-state index contributed by atoms with van der Waals surface area (Å²) in [6, 6.07) is 4.82. The number of pyridine rings is 1. The molecule has 3 heterocycles. The molecule has 1 aromatic heterocycles. The molecule has 0 amide bonds. The number of benzene rings is 1. The predicted molar refractivity (Wildman–Crippen MR) is 114 cm³/mol. The number of carbonyl (C=O) groups is 1. The van der Waals surface area contributed by atoms with Crippen molar-refractivity contribution in [1.82, 2.24) is 14.3 Å². The number of ether oxygens (including phenoxy) is 2. The van der Waals surface area contributed by atoms with E-state index in [1.54, 1.807) is 17.7 Å². The first-order valence-corrected chi connectivity index (χ1v) is 10.0. The van der Waals surface area contributed by atoms with Gasteiger partial charge in [-0.2, -0.15) is 5.10 Å². The Morgan fingerprint density at radius 2 is 1.94 bits per heavy atom. The van der Waals surface area contributed by atoms with Gasteiger partial charge >= 0.3 is 0 Å². The minimum atomic E-state index is -0.716. The van der Waals surface area contributed by atoms with E-state index in [0.29, 0.717) is 18.7 Å². The van der Waals surface area contributed by atoms with Crippen molar-refractivity contribution in [3.8, 4) is 11.4 Å². The Morgan fingerprint density at radius 1 is 1.22 bits per heavy atom. The van der Waals surface area contributed by atoms with E-state index in [1.807, 2.05) is 27.0 Å². The molecule has 10 heteroatoms. The SMILES string of the molecule is CC(C)(C)OC=O.Cc1cc(OCc2ccc(F)cc2F)c(Cl)c(=O)n1Cc1nn2cc1-2. The van der Waals surface area contributed by atoms with Crippen LogP contribution in [0.3, 0.4) is 0 Å². The second-order valence-electron chi connectivity index (χ2n) is 8.11. The van der Waals surface area contributed by atoms with Gasteiger partial charge in [0.2, 0.25) is 0 Å². The largest absolute Gasteiger partial charge is 0.487 e. The van der Waals surface area contributed by atoms with Gasteiger partial charge in [0.1, 0.15) is 46.0 Å². The highest BCUT2D eigenvalue weighted by Crippen LogP contribution is 2.28. The summed E-state index contributed by atoms with van der Waals surface area (Å²) in [5.74, 6) is -1.22. The lowest BCUT2D eigenvalue weighted by atomic mass is 10.2. The van der Waals surface area contributed by atoms with E-state index in [9.17, 15) is 18.4 Å². The first kappa shape index (κ1) is 23.5. The van der Waals surface area contributed by atoms with Gasteiger partial charge in [-0.15, -0.1) is 0 Å². The molecule has 32 heavy (non-hydrogen) atoms. The smallest absolute Gasteiger partial charge is 0.293 e. The van der Waals surface area contributed by atoms with E-state index >= 15 is 0 Å². The third-order valence-corrected chi connectivity index (χ3v) is 4.82. The van der Waals surface area contributed by atoms with Crippen LogP contribution in [0.1, 0.15) is 37.7 Å². The lowest BCUT2D eigenvalue weighted by Crippen LogP contribution is -2.25. The first-order valence-electron chi connectivity index (χ1n) is 9.67. The summed E-state index contributed by atoms with van der Waals surface area (Å²) in [7, 11) is 0. The van der Waals surface area contributed by atoms with E-state index in [4.69, 9.17) is 16.3 Å². The van der Waals surface area contributed by atoms with Crippen molar-refractivity contribution in [3.05, 3.63) is 74.4 Å². The van der Waals surface area contributed by atoms with E-state index < -0.39 is 17.2 Å². The molecule has 0 radical (unpaired) electrons. The van der Waals surface area contributed by atoms with Crippen LogP contribution in [0.2, 0.25) is 5.02 Å². The zero-order chi connectivity index (χ0) is 23.6. The van der Waals surface area contributed by atoms with Crippen LogP contribution in [0, 0.1) is 18.6 Å². The van der Waals surface area contributed by atoms with Crippen molar-refractivity contribution < 1.29 is 23.0 Å². The Bertz CT molecular complexity index is 1220. The number of halogens is 3. The van der Waals surface area contributed by atoms with Crippen LogP contribution in [-0.4, -0.2) is 26.4 Å². The van der Waals surface area contributed by atoms with E-state index in [0.717, 1.165) is 23.5 Å². The standard InChI is InChI=1S/C17H12ClF2N3O2.C5H10O2/c1-9-4-15(25-8-10-2-3-11(19)5-12(10)20)16(18)17(24)22(9)6-13-14-7-23(14)21-13;1-5(2,3)7-4-6/h2-5,7H,6,8H2,1H3;4H,1-3H3. The van der Waals surface area contributed by atoms with Crippen LogP contribution in [0.15, 0.2) is 35.3 Å².